The Morgan fingerprint density at radius 1 is 1.50 bits per heavy atom. The summed E-state index contributed by atoms with van der Waals surface area (Å²) < 4.78 is 24.6. The lowest BCUT2D eigenvalue weighted by Gasteiger charge is -2.20. The van der Waals surface area contributed by atoms with Crippen LogP contribution in [0.4, 0.5) is 8.78 Å². The van der Waals surface area contributed by atoms with Crippen LogP contribution >= 0.6 is 0 Å². The number of aliphatic hydroxyl groups is 1. The average molecular weight is 261 g/mol. The van der Waals surface area contributed by atoms with E-state index < -0.39 is 18.9 Å². The average Bonchev–Trinajstić information content (AvgIpc) is 2.28. The Bertz CT molecular complexity index is 404. The molecule has 0 amide bonds. The van der Waals surface area contributed by atoms with Crippen molar-refractivity contribution in [2.45, 2.75) is 13.0 Å². The Morgan fingerprint density at radius 2 is 2.22 bits per heavy atom. The van der Waals surface area contributed by atoms with Gasteiger partial charge in [0.15, 0.2) is 0 Å². The van der Waals surface area contributed by atoms with Gasteiger partial charge < -0.3 is 10.2 Å². The zero-order chi connectivity index (χ0) is 13.5. The summed E-state index contributed by atoms with van der Waals surface area (Å²) in [6.07, 6.45) is -0.294. The first-order chi connectivity index (χ1) is 8.54. The fraction of sp³-hybridized carbons (Fsp3) is 0.500. The summed E-state index contributed by atoms with van der Waals surface area (Å²) in [4.78, 5) is 19.5. The van der Waals surface area contributed by atoms with Gasteiger partial charge in [0.1, 0.15) is 11.9 Å². The maximum atomic E-state index is 12.3. The molecule has 0 unspecified atom stereocenters. The van der Waals surface area contributed by atoms with Gasteiger partial charge in [0, 0.05) is 19.3 Å². The van der Waals surface area contributed by atoms with Crippen LogP contribution in [0.1, 0.15) is 16.1 Å². The quantitative estimate of drug-likeness (QED) is 0.731. The molecule has 2 N–H and O–H groups in total. The number of hydrogen-bond acceptors (Lipinski definition) is 5. The minimum Gasteiger partial charge on any atom is -0.478 e. The van der Waals surface area contributed by atoms with Gasteiger partial charge in [0.2, 0.25) is 0 Å². The number of halogens is 2. The fourth-order valence-corrected chi connectivity index (χ4v) is 1.44. The molecule has 1 aromatic heterocycles. The molecular formula is C10H13F2N3O3. The van der Waals surface area contributed by atoms with Gasteiger partial charge in [-0.05, 0) is 0 Å². The Hall–Kier alpha value is -1.67. The van der Waals surface area contributed by atoms with Crippen LogP contribution in [-0.2, 0) is 6.54 Å². The molecule has 0 radical (unpaired) electrons. The molecule has 100 valence electrons. The third kappa shape index (κ3) is 4.30. The number of aliphatic hydroxyl groups excluding tert-OH is 1. The molecule has 0 spiro atoms. The highest BCUT2D eigenvalue weighted by molar-refractivity contribution is 5.88. The van der Waals surface area contributed by atoms with Crippen molar-refractivity contribution in [1.29, 1.82) is 0 Å². The van der Waals surface area contributed by atoms with Crippen molar-refractivity contribution in [1.82, 2.24) is 14.9 Å². The molecule has 8 heteroatoms. The SMILES string of the molecule is O=C(O)c1cncnc1CN(CCO)CC(F)F. The first-order valence-corrected chi connectivity index (χ1v) is 5.18. The lowest BCUT2D eigenvalue weighted by atomic mass is 10.2. The van der Waals surface area contributed by atoms with Crippen molar-refractivity contribution in [3.63, 3.8) is 0 Å². The van der Waals surface area contributed by atoms with Crippen LogP contribution in [0.25, 0.3) is 0 Å². The van der Waals surface area contributed by atoms with Crippen LogP contribution in [0.15, 0.2) is 12.5 Å². The summed E-state index contributed by atoms with van der Waals surface area (Å²) in [5.41, 5.74) is 0.0151. The Balaban J connectivity index is 2.82. The van der Waals surface area contributed by atoms with Gasteiger partial charge >= 0.3 is 5.97 Å². The second-order valence-corrected chi connectivity index (χ2v) is 3.54. The number of rotatable bonds is 7. The van der Waals surface area contributed by atoms with E-state index >= 15 is 0 Å². The van der Waals surface area contributed by atoms with Gasteiger partial charge in [0.05, 0.1) is 18.8 Å². The van der Waals surface area contributed by atoms with Crippen molar-refractivity contribution in [2.75, 3.05) is 19.7 Å². The molecule has 0 bridgehead atoms. The van der Waals surface area contributed by atoms with Crippen molar-refractivity contribution < 1.29 is 23.8 Å². The Labute approximate surface area is 102 Å². The first kappa shape index (κ1) is 14.4. The van der Waals surface area contributed by atoms with Crippen LogP contribution in [0, 0.1) is 0 Å². The predicted octanol–water partition coefficient (Wildman–Crippen LogP) is 0.234. The molecule has 0 atom stereocenters. The van der Waals surface area contributed by atoms with Crippen molar-refractivity contribution in [3.05, 3.63) is 23.8 Å². The monoisotopic (exact) mass is 261 g/mol. The molecule has 1 heterocycles. The summed E-state index contributed by atoms with van der Waals surface area (Å²) in [5, 5.41) is 17.7. The van der Waals surface area contributed by atoms with E-state index in [9.17, 15) is 13.6 Å². The number of alkyl halides is 2. The second-order valence-electron chi connectivity index (χ2n) is 3.54. The minimum absolute atomic E-state index is 0.0212. The van der Waals surface area contributed by atoms with Crippen molar-refractivity contribution >= 4 is 5.97 Å². The van der Waals surface area contributed by atoms with E-state index in [0.717, 1.165) is 12.5 Å². The maximum absolute atomic E-state index is 12.3. The molecule has 1 aromatic rings. The maximum Gasteiger partial charge on any atom is 0.339 e. The number of carbonyl (C=O) groups is 1. The summed E-state index contributed by atoms with van der Waals surface area (Å²) >= 11 is 0. The zero-order valence-electron chi connectivity index (χ0n) is 9.46. The van der Waals surface area contributed by atoms with Gasteiger partial charge in [-0.2, -0.15) is 0 Å². The Kier molecular flexibility index (Phi) is 5.53. The van der Waals surface area contributed by atoms with E-state index in [2.05, 4.69) is 9.97 Å². The molecule has 18 heavy (non-hydrogen) atoms. The molecule has 0 saturated heterocycles. The predicted molar refractivity (Wildman–Crippen MR) is 57.4 cm³/mol. The smallest absolute Gasteiger partial charge is 0.339 e. The number of carboxylic acid groups (broad SMARTS) is 1. The number of aromatic nitrogens is 2. The van der Waals surface area contributed by atoms with Crippen molar-refractivity contribution in [3.8, 4) is 0 Å². The lowest BCUT2D eigenvalue weighted by Crippen LogP contribution is -2.32. The summed E-state index contributed by atoms with van der Waals surface area (Å²) in [6.45, 7) is -0.897. The topological polar surface area (TPSA) is 86.5 Å². The van der Waals surface area contributed by atoms with Gasteiger partial charge in [-0.3, -0.25) is 4.90 Å². The largest absolute Gasteiger partial charge is 0.478 e. The lowest BCUT2D eigenvalue weighted by molar-refractivity contribution is 0.0680. The third-order valence-electron chi connectivity index (χ3n) is 2.21. The molecule has 0 aliphatic heterocycles. The van der Waals surface area contributed by atoms with Crippen LogP contribution < -0.4 is 0 Å². The van der Waals surface area contributed by atoms with E-state index in [-0.39, 0.29) is 31.0 Å². The zero-order valence-corrected chi connectivity index (χ0v) is 9.46. The van der Waals surface area contributed by atoms with E-state index in [1.165, 1.54) is 4.90 Å². The van der Waals surface area contributed by atoms with Gasteiger partial charge in [-0.1, -0.05) is 0 Å². The molecule has 0 aliphatic rings. The molecule has 0 aliphatic carbocycles. The van der Waals surface area contributed by atoms with E-state index in [1.807, 2.05) is 0 Å². The Morgan fingerprint density at radius 3 is 2.78 bits per heavy atom. The summed E-state index contributed by atoms with van der Waals surface area (Å²) in [6, 6.07) is 0. The summed E-state index contributed by atoms with van der Waals surface area (Å²) in [7, 11) is 0. The fourth-order valence-electron chi connectivity index (χ4n) is 1.44. The van der Waals surface area contributed by atoms with Crippen LogP contribution in [0.2, 0.25) is 0 Å². The van der Waals surface area contributed by atoms with Gasteiger partial charge in [-0.15, -0.1) is 0 Å². The minimum atomic E-state index is -2.56. The van der Waals surface area contributed by atoms with E-state index in [0.29, 0.717) is 0 Å². The molecule has 6 nitrogen and oxygen atoms in total. The number of nitrogens with zero attached hydrogens (tertiary/aromatic N) is 3. The second kappa shape index (κ2) is 6.92. The highest BCUT2D eigenvalue weighted by Crippen LogP contribution is 2.09. The number of hydrogen-bond donors (Lipinski definition) is 2. The summed E-state index contributed by atoms with van der Waals surface area (Å²) in [5.74, 6) is -1.22. The molecule has 0 aromatic carbocycles. The standard InChI is InChI=1S/C10H13F2N3O3/c11-9(12)5-15(1-2-16)4-8-7(10(17)18)3-13-6-14-8/h3,6,9,16H,1-2,4-5H2,(H,17,18). The normalized spacial score (nSPS) is 11.2. The number of aromatic carboxylic acids is 1. The van der Waals surface area contributed by atoms with Gasteiger partial charge in [0.25, 0.3) is 6.43 Å². The molecule has 0 saturated carbocycles. The molecular weight excluding hydrogens is 248 g/mol. The highest BCUT2D eigenvalue weighted by atomic mass is 19.3. The van der Waals surface area contributed by atoms with E-state index in [4.69, 9.17) is 10.2 Å². The third-order valence-corrected chi connectivity index (χ3v) is 2.21. The first-order valence-electron chi connectivity index (χ1n) is 5.18. The van der Waals surface area contributed by atoms with Crippen LogP contribution in [0.3, 0.4) is 0 Å². The molecule has 1 rings (SSSR count). The van der Waals surface area contributed by atoms with E-state index in [1.54, 1.807) is 0 Å². The number of carboxylic acids is 1. The van der Waals surface area contributed by atoms with Crippen molar-refractivity contribution in [2.24, 2.45) is 0 Å². The van der Waals surface area contributed by atoms with Gasteiger partial charge in [-0.25, -0.2) is 23.5 Å². The highest BCUT2D eigenvalue weighted by Gasteiger charge is 2.17. The molecule has 0 fully saturated rings. The van der Waals surface area contributed by atoms with Crippen LogP contribution in [-0.4, -0.2) is 57.2 Å². The van der Waals surface area contributed by atoms with Crippen LogP contribution in [0.5, 0.6) is 0 Å².